The van der Waals surface area contributed by atoms with E-state index in [1.165, 1.54) is 6.92 Å². The molecule has 2 rings (SSSR count). The summed E-state index contributed by atoms with van der Waals surface area (Å²) in [5, 5.41) is 5.57. The molecule has 0 saturated heterocycles. The van der Waals surface area contributed by atoms with E-state index < -0.39 is 11.8 Å². The molecular weight excluding hydrogens is 316 g/mol. The number of Topliss-reactive ketones (excluding diaryl/α,β-unsaturated/α-hetero) is 1. The molecule has 2 N–H and O–H groups in total. The van der Waals surface area contributed by atoms with Gasteiger partial charge in [-0.3, -0.25) is 14.4 Å². The van der Waals surface area contributed by atoms with Crippen molar-refractivity contribution < 1.29 is 14.4 Å². The number of halogens is 1. The van der Waals surface area contributed by atoms with Gasteiger partial charge < -0.3 is 10.6 Å². The van der Waals surface area contributed by atoms with Gasteiger partial charge in [0.1, 0.15) is 6.42 Å². The lowest BCUT2D eigenvalue weighted by Gasteiger charge is -2.08. The van der Waals surface area contributed by atoms with Crippen molar-refractivity contribution in [2.75, 3.05) is 10.6 Å². The van der Waals surface area contributed by atoms with E-state index in [4.69, 9.17) is 11.6 Å². The standard InChI is InChI=1S/C17H15ClN2O3/c1-11(21)12-6-8-13(9-7-12)19-16(22)10-17(23)20-15-5-3-2-4-14(15)18/h2-9H,10H2,1H3,(H,19,22)(H,20,23). The van der Waals surface area contributed by atoms with Gasteiger partial charge in [0.25, 0.3) is 0 Å². The first-order valence-corrected chi connectivity index (χ1v) is 7.29. The lowest BCUT2D eigenvalue weighted by Crippen LogP contribution is -2.21. The van der Waals surface area contributed by atoms with Crippen LogP contribution in [-0.4, -0.2) is 17.6 Å². The van der Waals surface area contributed by atoms with Gasteiger partial charge in [-0.05, 0) is 43.3 Å². The Kier molecular flexibility index (Phi) is 5.49. The molecule has 0 radical (unpaired) electrons. The number of rotatable bonds is 5. The molecule has 0 fully saturated rings. The fourth-order valence-corrected chi connectivity index (χ4v) is 2.08. The molecule has 6 heteroatoms. The van der Waals surface area contributed by atoms with Gasteiger partial charge in [-0.2, -0.15) is 0 Å². The summed E-state index contributed by atoms with van der Waals surface area (Å²) in [6, 6.07) is 13.2. The Hall–Kier alpha value is -2.66. The van der Waals surface area contributed by atoms with Gasteiger partial charge in [0, 0.05) is 11.3 Å². The second kappa shape index (κ2) is 7.56. The van der Waals surface area contributed by atoms with Crippen LogP contribution in [0.3, 0.4) is 0 Å². The lowest BCUT2D eigenvalue weighted by atomic mass is 10.1. The van der Waals surface area contributed by atoms with Crippen LogP contribution < -0.4 is 10.6 Å². The zero-order chi connectivity index (χ0) is 16.8. The van der Waals surface area contributed by atoms with E-state index in [1.54, 1.807) is 48.5 Å². The number of anilines is 2. The summed E-state index contributed by atoms with van der Waals surface area (Å²) in [6.45, 7) is 1.46. The van der Waals surface area contributed by atoms with E-state index in [2.05, 4.69) is 10.6 Å². The Morgan fingerprint density at radius 3 is 2.13 bits per heavy atom. The summed E-state index contributed by atoms with van der Waals surface area (Å²) in [5.41, 5.74) is 1.53. The van der Waals surface area contributed by atoms with Gasteiger partial charge in [-0.15, -0.1) is 0 Å². The van der Waals surface area contributed by atoms with Crippen molar-refractivity contribution >= 4 is 40.6 Å². The van der Waals surface area contributed by atoms with E-state index in [1.807, 2.05) is 0 Å². The lowest BCUT2D eigenvalue weighted by molar-refractivity contribution is -0.123. The Labute approximate surface area is 138 Å². The molecule has 23 heavy (non-hydrogen) atoms. The van der Waals surface area contributed by atoms with Crippen LogP contribution in [0.4, 0.5) is 11.4 Å². The van der Waals surface area contributed by atoms with Gasteiger partial charge in [-0.25, -0.2) is 0 Å². The maximum atomic E-state index is 11.8. The maximum absolute atomic E-state index is 11.8. The fraction of sp³-hybridized carbons (Fsp3) is 0.118. The Morgan fingerprint density at radius 2 is 1.52 bits per heavy atom. The van der Waals surface area contributed by atoms with Crippen LogP contribution in [0, 0.1) is 0 Å². The summed E-state index contributed by atoms with van der Waals surface area (Å²) in [4.78, 5) is 34.9. The Bertz CT molecular complexity index is 742. The van der Waals surface area contributed by atoms with Crippen LogP contribution in [0.25, 0.3) is 0 Å². The highest BCUT2D eigenvalue weighted by Gasteiger charge is 2.11. The molecule has 0 aliphatic carbocycles. The van der Waals surface area contributed by atoms with Crippen molar-refractivity contribution in [1.82, 2.24) is 0 Å². The molecule has 0 bridgehead atoms. The predicted molar refractivity (Wildman–Crippen MR) is 89.8 cm³/mol. The van der Waals surface area contributed by atoms with Crippen LogP contribution in [0.1, 0.15) is 23.7 Å². The minimum atomic E-state index is -0.462. The number of para-hydroxylation sites is 1. The largest absolute Gasteiger partial charge is 0.326 e. The van der Waals surface area contributed by atoms with E-state index in [0.717, 1.165) is 0 Å². The molecule has 0 aromatic heterocycles. The summed E-state index contributed by atoms with van der Waals surface area (Å²) in [6.07, 6.45) is -0.334. The first-order chi connectivity index (χ1) is 11.0. The molecule has 0 aliphatic heterocycles. The Balaban J connectivity index is 1.90. The number of carbonyl (C=O) groups is 3. The quantitative estimate of drug-likeness (QED) is 0.650. The van der Waals surface area contributed by atoms with Crippen LogP contribution in [-0.2, 0) is 9.59 Å². The third-order valence-corrected chi connectivity index (χ3v) is 3.37. The number of benzene rings is 2. The van der Waals surface area contributed by atoms with Crippen molar-refractivity contribution in [3.05, 3.63) is 59.1 Å². The minimum Gasteiger partial charge on any atom is -0.326 e. The monoisotopic (exact) mass is 330 g/mol. The molecule has 2 aromatic rings. The molecule has 118 valence electrons. The summed E-state index contributed by atoms with van der Waals surface area (Å²) in [5.74, 6) is -0.969. The second-order valence-corrected chi connectivity index (χ2v) is 5.29. The summed E-state index contributed by atoms with van der Waals surface area (Å²) >= 11 is 5.93. The number of ketones is 1. The number of hydrogen-bond acceptors (Lipinski definition) is 3. The molecule has 2 amide bonds. The zero-order valence-corrected chi connectivity index (χ0v) is 13.2. The molecule has 0 spiro atoms. The van der Waals surface area contributed by atoms with Gasteiger partial charge in [0.05, 0.1) is 10.7 Å². The number of hydrogen-bond donors (Lipinski definition) is 2. The van der Waals surface area contributed by atoms with Gasteiger partial charge in [-0.1, -0.05) is 23.7 Å². The van der Waals surface area contributed by atoms with E-state index in [0.29, 0.717) is 22.0 Å². The van der Waals surface area contributed by atoms with Crippen LogP contribution in [0.15, 0.2) is 48.5 Å². The molecule has 0 atom stereocenters. The molecule has 5 nitrogen and oxygen atoms in total. The molecule has 2 aromatic carbocycles. The summed E-state index contributed by atoms with van der Waals surface area (Å²) in [7, 11) is 0. The number of amides is 2. The normalized spacial score (nSPS) is 10.0. The topological polar surface area (TPSA) is 75.3 Å². The smallest absolute Gasteiger partial charge is 0.233 e. The van der Waals surface area contributed by atoms with Crippen molar-refractivity contribution in [3.8, 4) is 0 Å². The number of carbonyl (C=O) groups excluding carboxylic acids is 3. The third-order valence-electron chi connectivity index (χ3n) is 3.04. The third kappa shape index (κ3) is 4.93. The first kappa shape index (κ1) is 16.7. The average molecular weight is 331 g/mol. The van der Waals surface area contributed by atoms with E-state index in [-0.39, 0.29) is 12.2 Å². The van der Waals surface area contributed by atoms with Crippen LogP contribution >= 0.6 is 11.6 Å². The van der Waals surface area contributed by atoms with Crippen LogP contribution in [0.5, 0.6) is 0 Å². The molecule has 0 unspecified atom stereocenters. The highest BCUT2D eigenvalue weighted by atomic mass is 35.5. The van der Waals surface area contributed by atoms with Crippen molar-refractivity contribution in [1.29, 1.82) is 0 Å². The SMILES string of the molecule is CC(=O)c1ccc(NC(=O)CC(=O)Nc2ccccc2Cl)cc1. The zero-order valence-electron chi connectivity index (χ0n) is 12.4. The van der Waals surface area contributed by atoms with E-state index in [9.17, 15) is 14.4 Å². The Morgan fingerprint density at radius 1 is 0.913 bits per heavy atom. The molecule has 0 heterocycles. The number of nitrogens with one attached hydrogen (secondary N) is 2. The molecular formula is C17H15ClN2O3. The van der Waals surface area contributed by atoms with Crippen molar-refractivity contribution in [3.63, 3.8) is 0 Å². The second-order valence-electron chi connectivity index (χ2n) is 4.89. The van der Waals surface area contributed by atoms with Crippen LogP contribution in [0.2, 0.25) is 5.02 Å². The highest BCUT2D eigenvalue weighted by Crippen LogP contribution is 2.20. The maximum Gasteiger partial charge on any atom is 0.233 e. The predicted octanol–water partition coefficient (Wildman–Crippen LogP) is 3.51. The van der Waals surface area contributed by atoms with Gasteiger partial charge >= 0.3 is 0 Å². The molecule has 0 aliphatic rings. The van der Waals surface area contributed by atoms with Crippen molar-refractivity contribution in [2.45, 2.75) is 13.3 Å². The minimum absolute atomic E-state index is 0.0537. The fourth-order valence-electron chi connectivity index (χ4n) is 1.90. The summed E-state index contributed by atoms with van der Waals surface area (Å²) < 4.78 is 0. The first-order valence-electron chi connectivity index (χ1n) is 6.91. The average Bonchev–Trinajstić information content (AvgIpc) is 2.50. The van der Waals surface area contributed by atoms with E-state index >= 15 is 0 Å². The highest BCUT2D eigenvalue weighted by molar-refractivity contribution is 6.33. The van der Waals surface area contributed by atoms with Gasteiger partial charge in [0.15, 0.2) is 5.78 Å². The molecule has 0 saturated carbocycles. The van der Waals surface area contributed by atoms with Gasteiger partial charge in [0.2, 0.25) is 11.8 Å². The van der Waals surface area contributed by atoms with Crippen molar-refractivity contribution in [2.24, 2.45) is 0 Å².